The number of aromatic nitrogens is 4. The molecule has 3 heterocycles. The van der Waals surface area contributed by atoms with E-state index in [1.165, 1.54) is 17.2 Å². The summed E-state index contributed by atoms with van der Waals surface area (Å²) >= 11 is 6.36. The predicted octanol–water partition coefficient (Wildman–Crippen LogP) is 4.64. The molecule has 4 atom stereocenters. The third-order valence-corrected chi connectivity index (χ3v) is 8.72. The van der Waals surface area contributed by atoms with E-state index in [1.807, 2.05) is 0 Å². The monoisotopic (exact) mass is 638 g/mol. The zero-order valence-electron chi connectivity index (χ0n) is 24.2. The Morgan fingerprint density at radius 3 is 2.04 bits per heavy atom. The van der Waals surface area contributed by atoms with E-state index in [2.05, 4.69) is 15.0 Å². The van der Waals surface area contributed by atoms with Crippen LogP contribution < -0.4 is 0 Å². The summed E-state index contributed by atoms with van der Waals surface area (Å²) in [7, 11) is 0. The van der Waals surface area contributed by atoms with Gasteiger partial charge in [0.05, 0.1) is 11.1 Å². The minimum absolute atomic E-state index is 0.0272. The quantitative estimate of drug-likeness (QED) is 0.138. The summed E-state index contributed by atoms with van der Waals surface area (Å²) in [6.45, 7) is -0.457. The van der Waals surface area contributed by atoms with E-state index in [-0.39, 0.29) is 33.0 Å². The number of Topliss-reactive ketones (excluding diaryl/α,β-unsaturated/α-hetero) is 1. The average molecular weight is 639 g/mol. The summed E-state index contributed by atoms with van der Waals surface area (Å²) in [6, 6.07) is 24.9. The number of ketones is 1. The maximum Gasteiger partial charge on any atom is 0.338 e. The molecule has 2 aromatic heterocycles. The number of carbonyl (C=O) groups is 3. The fourth-order valence-corrected chi connectivity index (χ4v) is 6.34. The van der Waals surface area contributed by atoms with Gasteiger partial charge in [-0.2, -0.15) is 0 Å². The third kappa shape index (κ3) is 4.84. The number of nitrogens with zero attached hydrogens (tertiary/aromatic N) is 4. The first-order chi connectivity index (χ1) is 22.3. The fraction of sp³-hybridized carbons (Fsp3) is 0.235. The summed E-state index contributed by atoms with van der Waals surface area (Å²) in [6.07, 6.45) is 0.741. The second-order valence-electron chi connectivity index (χ2n) is 11.2. The number of imidazole rings is 1. The Hall–Kier alpha value is -4.97. The Morgan fingerprint density at radius 1 is 0.848 bits per heavy atom. The molecule has 0 bridgehead atoms. The van der Waals surface area contributed by atoms with Gasteiger partial charge >= 0.3 is 11.9 Å². The zero-order valence-corrected chi connectivity index (χ0v) is 25.0. The van der Waals surface area contributed by atoms with Gasteiger partial charge in [-0.15, -0.1) is 0 Å². The van der Waals surface area contributed by atoms with Crippen LogP contribution in [0.15, 0.2) is 104 Å². The number of aliphatic hydroxyl groups is 1. The second kappa shape index (κ2) is 11.8. The minimum Gasteiger partial charge on any atom is -0.459 e. The lowest BCUT2D eigenvalue weighted by molar-refractivity contribution is -0.172. The fourth-order valence-electron chi connectivity index (χ4n) is 6.16. The number of esters is 2. The van der Waals surface area contributed by atoms with Crippen LogP contribution in [0.1, 0.15) is 43.9 Å². The maximum absolute atomic E-state index is 14.9. The van der Waals surface area contributed by atoms with Gasteiger partial charge in [-0.1, -0.05) is 78.3 Å². The Labute approximate surface area is 267 Å². The largest absolute Gasteiger partial charge is 0.459 e. The number of hydrogen-bond donors (Lipinski definition) is 1. The molecule has 2 aliphatic rings. The lowest BCUT2D eigenvalue weighted by Crippen LogP contribution is -2.63. The molecule has 5 aromatic rings. The van der Waals surface area contributed by atoms with Gasteiger partial charge in [0, 0.05) is 5.56 Å². The van der Waals surface area contributed by atoms with E-state index in [9.17, 15) is 19.5 Å². The van der Waals surface area contributed by atoms with Gasteiger partial charge in [0.25, 0.3) is 0 Å². The van der Waals surface area contributed by atoms with E-state index in [4.69, 9.17) is 25.8 Å². The highest BCUT2D eigenvalue weighted by Crippen LogP contribution is 2.58. The van der Waals surface area contributed by atoms with Crippen LogP contribution in [0.3, 0.4) is 0 Å². The van der Waals surface area contributed by atoms with Gasteiger partial charge < -0.3 is 19.3 Å². The normalized spacial score (nSPS) is 24.0. The molecule has 2 fully saturated rings. The molecule has 0 spiro atoms. The number of benzene rings is 3. The van der Waals surface area contributed by atoms with Crippen LogP contribution >= 0.6 is 11.6 Å². The summed E-state index contributed by atoms with van der Waals surface area (Å²) in [5.74, 6) is -2.62. The Bertz CT molecular complexity index is 1920. The van der Waals surface area contributed by atoms with Crippen molar-refractivity contribution < 1.29 is 33.7 Å². The highest BCUT2D eigenvalue weighted by molar-refractivity contribution is 6.33. The molecule has 3 aromatic carbocycles. The molecule has 12 heteroatoms. The van der Waals surface area contributed by atoms with E-state index in [0.717, 1.165) is 0 Å². The molecule has 1 N–H and O–H groups in total. The molecule has 46 heavy (non-hydrogen) atoms. The van der Waals surface area contributed by atoms with Crippen molar-refractivity contribution in [3.05, 3.63) is 125 Å². The molecule has 0 amide bonds. The molecule has 1 saturated carbocycles. The predicted molar refractivity (Wildman–Crippen MR) is 164 cm³/mol. The molecule has 7 rings (SSSR count). The van der Waals surface area contributed by atoms with Crippen LogP contribution in [0.5, 0.6) is 0 Å². The first-order valence-electron chi connectivity index (χ1n) is 14.7. The SMILES string of the molecule is O=C(OC[C@H]1O[C@@](C(=O)c2ccccc2)(n2cnc3c(Cl)ncnc32)[C@@](O)(C2CC2)[C@@H]1OC(=O)c1ccccc1)c1ccccc1. The van der Waals surface area contributed by atoms with Gasteiger partial charge in [0.1, 0.15) is 30.9 Å². The highest BCUT2D eigenvalue weighted by atomic mass is 35.5. The standard InChI is InChI=1S/C34H27ClN4O7/c35-29-26-30(37-19-36-29)39(20-38-26)34(27(40)21-10-4-1-5-11-21)33(43,24-16-17-24)28(45-32(42)23-14-8-3-9-15-23)25(46-34)18-44-31(41)22-12-6-2-7-13-22/h1-15,19-20,24-25,28,43H,16-18H2/t25-,28-,33-,34-/m1/s1. The molecule has 232 valence electrons. The molecule has 11 nitrogen and oxygen atoms in total. The average Bonchev–Trinajstić information content (AvgIpc) is 3.82. The van der Waals surface area contributed by atoms with Crippen molar-refractivity contribution >= 4 is 40.5 Å². The summed E-state index contributed by atoms with van der Waals surface area (Å²) in [4.78, 5) is 54.3. The van der Waals surface area contributed by atoms with Crippen molar-refractivity contribution in [3.8, 4) is 0 Å². The molecule has 1 saturated heterocycles. The van der Waals surface area contributed by atoms with Crippen LogP contribution in [-0.4, -0.2) is 66.8 Å². The third-order valence-electron chi connectivity index (χ3n) is 8.44. The molecule has 1 aliphatic carbocycles. The zero-order chi connectivity index (χ0) is 31.9. The van der Waals surface area contributed by atoms with Crippen molar-refractivity contribution in [2.45, 2.75) is 36.4 Å². The first kappa shape index (κ1) is 29.7. The van der Waals surface area contributed by atoms with Crippen LogP contribution in [0, 0.1) is 5.92 Å². The van der Waals surface area contributed by atoms with Gasteiger partial charge in [-0.3, -0.25) is 9.36 Å². The van der Waals surface area contributed by atoms with Crippen molar-refractivity contribution in [3.63, 3.8) is 0 Å². The summed E-state index contributed by atoms with van der Waals surface area (Å²) in [5.41, 5.74) is -3.47. The van der Waals surface area contributed by atoms with E-state index in [0.29, 0.717) is 12.8 Å². The number of rotatable bonds is 9. The van der Waals surface area contributed by atoms with Crippen LogP contribution in [0.4, 0.5) is 0 Å². The van der Waals surface area contributed by atoms with E-state index >= 15 is 0 Å². The Kier molecular flexibility index (Phi) is 7.59. The van der Waals surface area contributed by atoms with Gasteiger partial charge in [-0.05, 0) is 43.0 Å². The van der Waals surface area contributed by atoms with Crippen molar-refractivity contribution in [2.24, 2.45) is 5.92 Å². The van der Waals surface area contributed by atoms with Gasteiger partial charge in [-0.25, -0.2) is 24.5 Å². The maximum atomic E-state index is 14.9. The smallest absolute Gasteiger partial charge is 0.338 e. The minimum atomic E-state index is -2.28. The number of ether oxygens (including phenoxy) is 3. The topological polar surface area (TPSA) is 143 Å². The van der Waals surface area contributed by atoms with E-state index in [1.54, 1.807) is 91.0 Å². The number of halogens is 1. The molecular formula is C34H27ClN4O7. The lowest BCUT2D eigenvalue weighted by atomic mass is 9.77. The number of fused-ring (bicyclic) bond motifs is 1. The Morgan fingerprint density at radius 2 is 1.43 bits per heavy atom. The lowest BCUT2D eigenvalue weighted by Gasteiger charge is -2.42. The molecule has 1 aliphatic heterocycles. The molecular weight excluding hydrogens is 612 g/mol. The number of carbonyl (C=O) groups excluding carboxylic acids is 3. The Balaban J connectivity index is 1.40. The van der Waals surface area contributed by atoms with Crippen LogP contribution in [0.2, 0.25) is 5.15 Å². The second-order valence-corrected chi connectivity index (χ2v) is 11.6. The van der Waals surface area contributed by atoms with Crippen molar-refractivity contribution in [1.29, 1.82) is 0 Å². The summed E-state index contributed by atoms with van der Waals surface area (Å²) < 4.78 is 19.8. The van der Waals surface area contributed by atoms with E-state index < -0.39 is 53.8 Å². The highest BCUT2D eigenvalue weighted by Gasteiger charge is 2.76. The van der Waals surface area contributed by atoms with Gasteiger partial charge in [0.15, 0.2) is 22.5 Å². The molecule has 0 unspecified atom stereocenters. The van der Waals surface area contributed by atoms with Crippen molar-refractivity contribution in [1.82, 2.24) is 19.5 Å². The summed E-state index contributed by atoms with van der Waals surface area (Å²) in [5, 5.41) is 13.1. The number of hydrogen-bond acceptors (Lipinski definition) is 10. The molecule has 0 radical (unpaired) electrons. The van der Waals surface area contributed by atoms with Gasteiger partial charge in [0.2, 0.25) is 11.5 Å². The van der Waals surface area contributed by atoms with Crippen LogP contribution in [-0.2, 0) is 19.9 Å². The van der Waals surface area contributed by atoms with Crippen molar-refractivity contribution in [2.75, 3.05) is 6.61 Å². The van der Waals surface area contributed by atoms with Crippen LogP contribution in [0.25, 0.3) is 11.2 Å². The first-order valence-corrected chi connectivity index (χ1v) is 15.0.